The molecule has 96 valence electrons. The Morgan fingerprint density at radius 3 is 2.89 bits per heavy atom. The molecular weight excluding hydrogens is 333 g/mol. The van der Waals surface area contributed by atoms with Crippen LogP contribution >= 0.6 is 27.5 Å². The molecule has 0 unspecified atom stereocenters. The van der Waals surface area contributed by atoms with Crippen LogP contribution in [0, 0.1) is 5.82 Å². The second kappa shape index (κ2) is 4.90. The van der Waals surface area contributed by atoms with Crippen molar-refractivity contribution < 1.29 is 4.39 Å². The molecule has 2 heterocycles. The number of fused-ring (bicyclic) bond motifs is 1. The number of benzene rings is 1. The van der Waals surface area contributed by atoms with E-state index < -0.39 is 0 Å². The smallest absolute Gasteiger partial charge is 0.137 e. The average Bonchev–Trinajstić information content (AvgIpc) is 2.80. The molecular formula is C13H8BrClFN3. The van der Waals surface area contributed by atoms with Gasteiger partial charge in [-0.2, -0.15) is 0 Å². The third kappa shape index (κ3) is 2.13. The zero-order valence-electron chi connectivity index (χ0n) is 9.65. The first-order chi connectivity index (χ1) is 9.20. The summed E-state index contributed by atoms with van der Waals surface area (Å²) < 4.78 is 15.6. The van der Waals surface area contributed by atoms with Crippen LogP contribution in [0.15, 0.2) is 41.1 Å². The number of aromatic nitrogens is 3. The molecule has 19 heavy (non-hydrogen) atoms. The van der Waals surface area contributed by atoms with Gasteiger partial charge >= 0.3 is 0 Å². The second-order valence-electron chi connectivity index (χ2n) is 3.96. The van der Waals surface area contributed by atoms with Crippen LogP contribution in [0.25, 0.3) is 16.7 Å². The summed E-state index contributed by atoms with van der Waals surface area (Å²) in [6, 6.07) is 6.66. The molecule has 0 amide bonds. The van der Waals surface area contributed by atoms with E-state index in [2.05, 4.69) is 25.9 Å². The van der Waals surface area contributed by atoms with Crippen molar-refractivity contribution in [2.24, 2.45) is 0 Å². The van der Waals surface area contributed by atoms with Crippen molar-refractivity contribution in [1.29, 1.82) is 0 Å². The van der Waals surface area contributed by atoms with Crippen LogP contribution in [0.5, 0.6) is 0 Å². The molecule has 0 aliphatic heterocycles. The molecule has 3 nitrogen and oxygen atoms in total. The largest absolute Gasteiger partial charge is 0.295 e. The van der Waals surface area contributed by atoms with Crippen LogP contribution in [-0.4, -0.2) is 14.5 Å². The fraction of sp³-hybridized carbons (Fsp3) is 0.0769. The first-order valence-corrected chi connectivity index (χ1v) is 6.86. The molecule has 3 rings (SSSR count). The van der Waals surface area contributed by atoms with Crippen molar-refractivity contribution in [2.45, 2.75) is 5.88 Å². The van der Waals surface area contributed by atoms with Crippen molar-refractivity contribution in [3.05, 3.63) is 52.8 Å². The molecule has 0 N–H and O–H groups in total. The third-order valence-electron chi connectivity index (χ3n) is 2.81. The summed E-state index contributed by atoms with van der Waals surface area (Å²) in [7, 11) is 0. The Hall–Kier alpha value is -1.46. The van der Waals surface area contributed by atoms with Crippen LogP contribution in [0.1, 0.15) is 5.82 Å². The van der Waals surface area contributed by atoms with Crippen LogP contribution in [0.2, 0.25) is 0 Å². The highest BCUT2D eigenvalue weighted by Crippen LogP contribution is 2.25. The first-order valence-electron chi connectivity index (χ1n) is 5.53. The minimum Gasteiger partial charge on any atom is -0.295 e. The van der Waals surface area contributed by atoms with Gasteiger partial charge in [0.05, 0.1) is 22.1 Å². The molecule has 0 bridgehead atoms. The quantitative estimate of drug-likeness (QED) is 0.659. The number of rotatable bonds is 2. The van der Waals surface area contributed by atoms with E-state index in [1.54, 1.807) is 24.5 Å². The van der Waals surface area contributed by atoms with E-state index in [1.807, 2.05) is 10.6 Å². The first kappa shape index (κ1) is 12.6. The fourth-order valence-corrected chi connectivity index (χ4v) is 2.53. The number of alkyl halides is 1. The number of hydrogen-bond acceptors (Lipinski definition) is 2. The maximum Gasteiger partial charge on any atom is 0.137 e. The van der Waals surface area contributed by atoms with Crippen molar-refractivity contribution in [3.63, 3.8) is 0 Å². The Kier molecular flexibility index (Phi) is 3.24. The second-order valence-corrected chi connectivity index (χ2v) is 5.08. The minimum atomic E-state index is -0.303. The Bertz CT molecular complexity index is 757. The van der Waals surface area contributed by atoms with Gasteiger partial charge in [-0.1, -0.05) is 0 Å². The number of hydrogen-bond donors (Lipinski definition) is 0. The molecule has 6 heteroatoms. The molecule has 1 aromatic carbocycles. The summed E-state index contributed by atoms with van der Waals surface area (Å²) in [5.74, 6) is 0.661. The summed E-state index contributed by atoms with van der Waals surface area (Å²) in [6.07, 6.45) is 3.37. The van der Waals surface area contributed by atoms with Gasteiger partial charge in [0, 0.05) is 11.9 Å². The zero-order chi connectivity index (χ0) is 13.4. The Morgan fingerprint density at radius 1 is 1.32 bits per heavy atom. The number of imidazole rings is 1. The summed E-state index contributed by atoms with van der Waals surface area (Å²) in [4.78, 5) is 8.46. The minimum absolute atomic E-state index is 0.268. The third-order valence-corrected chi connectivity index (χ3v) is 3.65. The van der Waals surface area contributed by atoms with Gasteiger partial charge < -0.3 is 0 Å². The van der Waals surface area contributed by atoms with Crippen LogP contribution in [0.4, 0.5) is 4.39 Å². The summed E-state index contributed by atoms with van der Waals surface area (Å²) in [6.45, 7) is 0. The predicted octanol–water partition coefficient (Wildman–Crippen LogP) is 4.06. The summed E-state index contributed by atoms with van der Waals surface area (Å²) in [5, 5.41) is 0. The van der Waals surface area contributed by atoms with E-state index in [4.69, 9.17) is 11.6 Å². The lowest BCUT2D eigenvalue weighted by Gasteiger charge is -2.08. The topological polar surface area (TPSA) is 30.7 Å². The normalized spacial score (nSPS) is 11.1. The van der Waals surface area contributed by atoms with Gasteiger partial charge in [0.2, 0.25) is 0 Å². The van der Waals surface area contributed by atoms with Crippen LogP contribution in [-0.2, 0) is 5.88 Å². The van der Waals surface area contributed by atoms with Crippen LogP contribution in [0.3, 0.4) is 0 Å². The highest BCUT2D eigenvalue weighted by molar-refractivity contribution is 9.10. The van der Waals surface area contributed by atoms with Gasteiger partial charge in [0.25, 0.3) is 0 Å². The van der Waals surface area contributed by atoms with Crippen molar-refractivity contribution >= 4 is 38.6 Å². The van der Waals surface area contributed by atoms with Gasteiger partial charge in [-0.25, -0.2) is 9.37 Å². The molecule has 0 radical (unpaired) electrons. The Morgan fingerprint density at radius 2 is 2.16 bits per heavy atom. The van der Waals surface area contributed by atoms with Gasteiger partial charge in [-0.15, -0.1) is 11.6 Å². The van der Waals surface area contributed by atoms with E-state index in [9.17, 15) is 4.39 Å². The van der Waals surface area contributed by atoms with Gasteiger partial charge in [-0.3, -0.25) is 9.55 Å². The zero-order valence-corrected chi connectivity index (χ0v) is 12.0. The molecule has 0 atom stereocenters. The standard InChI is InChI=1S/C13H8BrClFN3/c14-9-5-8(1-2-10(9)16)19-12-3-4-17-7-11(12)18-13(19)6-15/h1-5,7H,6H2. The van der Waals surface area contributed by atoms with Crippen molar-refractivity contribution in [1.82, 2.24) is 14.5 Å². The van der Waals surface area contributed by atoms with E-state index in [0.717, 1.165) is 16.7 Å². The highest BCUT2D eigenvalue weighted by Gasteiger charge is 2.12. The summed E-state index contributed by atoms with van der Waals surface area (Å²) >= 11 is 9.12. The Balaban J connectivity index is 2.31. The van der Waals surface area contributed by atoms with Crippen molar-refractivity contribution in [2.75, 3.05) is 0 Å². The van der Waals surface area contributed by atoms with Gasteiger partial charge in [0.1, 0.15) is 17.2 Å². The highest BCUT2D eigenvalue weighted by atomic mass is 79.9. The number of pyridine rings is 1. The van der Waals surface area contributed by atoms with Crippen LogP contribution < -0.4 is 0 Å². The molecule has 2 aromatic heterocycles. The van der Waals surface area contributed by atoms with Gasteiger partial charge in [0.15, 0.2) is 0 Å². The predicted molar refractivity (Wildman–Crippen MR) is 76.1 cm³/mol. The number of nitrogens with zero attached hydrogens (tertiary/aromatic N) is 3. The molecule has 0 fully saturated rings. The molecule has 3 aromatic rings. The van der Waals surface area contributed by atoms with E-state index in [-0.39, 0.29) is 11.7 Å². The Labute approximate surface area is 122 Å². The molecule has 0 saturated carbocycles. The molecule has 0 aliphatic carbocycles. The lowest BCUT2D eigenvalue weighted by molar-refractivity contribution is 0.620. The lowest BCUT2D eigenvalue weighted by Crippen LogP contribution is -1.99. The maximum atomic E-state index is 13.3. The molecule has 0 saturated heterocycles. The van der Waals surface area contributed by atoms with E-state index >= 15 is 0 Å². The lowest BCUT2D eigenvalue weighted by atomic mass is 10.3. The monoisotopic (exact) mass is 339 g/mol. The average molecular weight is 341 g/mol. The fourth-order valence-electron chi connectivity index (χ4n) is 1.98. The molecule has 0 aliphatic rings. The summed E-state index contributed by atoms with van der Waals surface area (Å²) in [5.41, 5.74) is 2.46. The van der Waals surface area contributed by atoms with E-state index in [1.165, 1.54) is 6.07 Å². The molecule has 0 spiro atoms. The maximum absolute atomic E-state index is 13.3. The van der Waals surface area contributed by atoms with Crippen molar-refractivity contribution in [3.8, 4) is 5.69 Å². The SMILES string of the molecule is Fc1ccc(-n2c(CCl)nc3cnccc32)cc1Br. The number of halogens is 3. The van der Waals surface area contributed by atoms with Gasteiger partial charge in [-0.05, 0) is 40.2 Å². The van der Waals surface area contributed by atoms with E-state index in [0.29, 0.717) is 10.3 Å².